The summed E-state index contributed by atoms with van der Waals surface area (Å²) in [5.74, 6) is 0.548. The van der Waals surface area contributed by atoms with Gasteiger partial charge in [-0.15, -0.1) is 11.3 Å². The van der Waals surface area contributed by atoms with Crippen molar-refractivity contribution in [3.8, 4) is 22.1 Å². The average Bonchev–Trinajstić information content (AvgIpc) is 3.15. The van der Waals surface area contributed by atoms with E-state index in [2.05, 4.69) is 4.98 Å². The molecule has 1 aromatic heterocycles. The van der Waals surface area contributed by atoms with Crippen LogP contribution < -0.4 is 9.47 Å². The number of carbonyl (C=O) groups is 1. The summed E-state index contributed by atoms with van der Waals surface area (Å²) in [6.45, 7) is 0.103. The molecule has 0 radical (unpaired) electrons. The molecule has 0 spiro atoms. The van der Waals surface area contributed by atoms with Crippen LogP contribution in [0.1, 0.15) is 11.3 Å². The first-order valence-corrected chi connectivity index (χ1v) is 9.04. The maximum Gasteiger partial charge on any atom is 0.312 e. The van der Waals surface area contributed by atoms with Gasteiger partial charge in [0.2, 0.25) is 0 Å². The lowest BCUT2D eigenvalue weighted by molar-refractivity contribution is -0.144. The zero-order valence-corrected chi connectivity index (χ0v) is 15.7. The SMILES string of the molecule is COc1ccc(-c2nc(CC(=O)OCc3ccc(F)cc3)cs2)cc1OC. The Kier molecular flexibility index (Phi) is 6.03. The van der Waals surface area contributed by atoms with Crippen molar-refractivity contribution in [3.63, 3.8) is 0 Å². The Balaban J connectivity index is 1.62. The molecule has 0 bridgehead atoms. The average molecular weight is 387 g/mol. The van der Waals surface area contributed by atoms with Gasteiger partial charge in [-0.1, -0.05) is 12.1 Å². The van der Waals surface area contributed by atoms with E-state index in [-0.39, 0.29) is 24.8 Å². The zero-order chi connectivity index (χ0) is 19.2. The topological polar surface area (TPSA) is 57.7 Å². The van der Waals surface area contributed by atoms with Gasteiger partial charge < -0.3 is 14.2 Å². The van der Waals surface area contributed by atoms with Crippen molar-refractivity contribution < 1.29 is 23.4 Å². The van der Waals surface area contributed by atoms with Crippen molar-refractivity contribution in [2.45, 2.75) is 13.0 Å². The monoisotopic (exact) mass is 387 g/mol. The maximum absolute atomic E-state index is 12.9. The summed E-state index contributed by atoms with van der Waals surface area (Å²) < 4.78 is 28.6. The largest absolute Gasteiger partial charge is 0.493 e. The summed E-state index contributed by atoms with van der Waals surface area (Å²) in [4.78, 5) is 16.5. The fraction of sp³-hybridized carbons (Fsp3) is 0.200. The second kappa shape index (κ2) is 8.64. The van der Waals surface area contributed by atoms with Crippen molar-refractivity contribution in [2.75, 3.05) is 14.2 Å². The van der Waals surface area contributed by atoms with Crippen molar-refractivity contribution >= 4 is 17.3 Å². The van der Waals surface area contributed by atoms with Gasteiger partial charge in [-0.3, -0.25) is 4.79 Å². The van der Waals surface area contributed by atoms with Gasteiger partial charge in [-0.05, 0) is 35.9 Å². The number of rotatable bonds is 7. The van der Waals surface area contributed by atoms with Crippen LogP contribution in [0.15, 0.2) is 47.8 Å². The number of carbonyl (C=O) groups excluding carboxylic acids is 1. The van der Waals surface area contributed by atoms with Crippen LogP contribution >= 0.6 is 11.3 Å². The van der Waals surface area contributed by atoms with Gasteiger partial charge in [-0.25, -0.2) is 9.37 Å². The van der Waals surface area contributed by atoms with E-state index in [0.717, 1.165) is 16.1 Å². The smallest absolute Gasteiger partial charge is 0.312 e. The van der Waals surface area contributed by atoms with Gasteiger partial charge in [0.15, 0.2) is 11.5 Å². The predicted molar refractivity (Wildman–Crippen MR) is 101 cm³/mol. The van der Waals surface area contributed by atoms with Crippen LogP contribution in [0, 0.1) is 5.82 Å². The lowest BCUT2D eigenvalue weighted by atomic mass is 10.2. The van der Waals surface area contributed by atoms with Gasteiger partial charge in [0.1, 0.15) is 17.4 Å². The molecule has 0 aliphatic rings. The van der Waals surface area contributed by atoms with Gasteiger partial charge in [0, 0.05) is 10.9 Å². The second-order valence-electron chi connectivity index (χ2n) is 5.68. The lowest BCUT2D eigenvalue weighted by Crippen LogP contribution is -2.08. The van der Waals surface area contributed by atoms with Gasteiger partial charge in [0.05, 0.1) is 26.3 Å². The van der Waals surface area contributed by atoms with Crippen molar-refractivity contribution in [2.24, 2.45) is 0 Å². The van der Waals surface area contributed by atoms with E-state index in [1.807, 2.05) is 23.6 Å². The first kappa shape index (κ1) is 18.8. The molecule has 27 heavy (non-hydrogen) atoms. The minimum atomic E-state index is -0.386. The van der Waals surface area contributed by atoms with Crippen LogP contribution in [0.5, 0.6) is 11.5 Å². The summed E-state index contributed by atoms with van der Waals surface area (Å²) in [5.41, 5.74) is 2.24. The minimum absolute atomic E-state index is 0.0744. The molecule has 0 N–H and O–H groups in total. The second-order valence-corrected chi connectivity index (χ2v) is 6.54. The maximum atomic E-state index is 12.9. The first-order chi connectivity index (χ1) is 13.1. The molecule has 3 aromatic rings. The van der Waals surface area contributed by atoms with E-state index in [1.54, 1.807) is 26.4 Å². The number of thiazole rings is 1. The first-order valence-electron chi connectivity index (χ1n) is 8.16. The number of hydrogen-bond donors (Lipinski definition) is 0. The van der Waals surface area contributed by atoms with Gasteiger partial charge in [-0.2, -0.15) is 0 Å². The Bertz CT molecular complexity index is 924. The van der Waals surface area contributed by atoms with Crippen molar-refractivity contribution in [1.82, 2.24) is 4.98 Å². The third kappa shape index (κ3) is 4.83. The number of ether oxygens (including phenoxy) is 3. The Morgan fingerprint density at radius 1 is 1.07 bits per heavy atom. The van der Waals surface area contributed by atoms with Crippen LogP contribution in [0.4, 0.5) is 4.39 Å². The summed E-state index contributed by atoms with van der Waals surface area (Å²) in [7, 11) is 3.16. The highest BCUT2D eigenvalue weighted by Crippen LogP contribution is 2.33. The van der Waals surface area contributed by atoms with Crippen LogP contribution in [-0.4, -0.2) is 25.2 Å². The van der Waals surface area contributed by atoms with Crippen LogP contribution in [0.2, 0.25) is 0 Å². The number of benzene rings is 2. The molecule has 0 unspecified atom stereocenters. The molecule has 0 amide bonds. The molecule has 1 heterocycles. The number of nitrogens with zero attached hydrogens (tertiary/aromatic N) is 1. The fourth-order valence-corrected chi connectivity index (χ4v) is 3.25. The molecular weight excluding hydrogens is 369 g/mol. The summed E-state index contributed by atoms with van der Waals surface area (Å²) in [5, 5.41) is 2.60. The molecule has 0 atom stereocenters. The molecule has 5 nitrogen and oxygen atoms in total. The standard InChI is InChI=1S/C20H18FNO4S/c1-24-17-8-5-14(9-18(17)25-2)20-22-16(12-27-20)10-19(23)26-11-13-3-6-15(21)7-4-13/h3-9,12H,10-11H2,1-2H3. The third-order valence-electron chi connectivity index (χ3n) is 3.82. The van der Waals surface area contributed by atoms with E-state index < -0.39 is 0 Å². The number of aromatic nitrogens is 1. The molecule has 0 aliphatic heterocycles. The molecule has 0 aliphatic carbocycles. The zero-order valence-electron chi connectivity index (χ0n) is 14.9. The van der Waals surface area contributed by atoms with Crippen molar-refractivity contribution in [3.05, 3.63) is 64.9 Å². The van der Waals surface area contributed by atoms with Crippen LogP contribution in [0.25, 0.3) is 10.6 Å². The molecule has 2 aromatic carbocycles. The number of halogens is 1. The summed E-state index contributed by atoms with van der Waals surface area (Å²) in [6, 6.07) is 11.4. The number of esters is 1. The van der Waals surface area contributed by atoms with Gasteiger partial charge in [0.25, 0.3) is 0 Å². The van der Waals surface area contributed by atoms with Crippen LogP contribution in [-0.2, 0) is 22.6 Å². The highest BCUT2D eigenvalue weighted by molar-refractivity contribution is 7.13. The van der Waals surface area contributed by atoms with Gasteiger partial charge >= 0.3 is 5.97 Å². The molecule has 0 saturated heterocycles. The molecule has 3 rings (SSSR count). The Morgan fingerprint density at radius 2 is 1.81 bits per heavy atom. The Hall–Kier alpha value is -2.93. The highest BCUT2D eigenvalue weighted by atomic mass is 32.1. The summed E-state index contributed by atoms with van der Waals surface area (Å²) >= 11 is 1.44. The molecule has 0 fully saturated rings. The van der Waals surface area contributed by atoms with E-state index in [1.165, 1.54) is 23.5 Å². The third-order valence-corrected chi connectivity index (χ3v) is 4.76. The van der Waals surface area contributed by atoms with E-state index >= 15 is 0 Å². The van der Waals surface area contributed by atoms with Crippen molar-refractivity contribution in [1.29, 1.82) is 0 Å². The predicted octanol–water partition coefficient (Wildman–Crippen LogP) is 4.25. The Labute approximate surface area is 160 Å². The van der Waals surface area contributed by atoms with E-state index in [9.17, 15) is 9.18 Å². The molecule has 140 valence electrons. The highest BCUT2D eigenvalue weighted by Gasteiger charge is 2.12. The molecule has 0 saturated carbocycles. The van der Waals surface area contributed by atoms with E-state index in [0.29, 0.717) is 17.2 Å². The number of methoxy groups -OCH3 is 2. The molecule has 7 heteroatoms. The van der Waals surface area contributed by atoms with E-state index in [4.69, 9.17) is 14.2 Å². The number of hydrogen-bond acceptors (Lipinski definition) is 6. The quantitative estimate of drug-likeness (QED) is 0.567. The normalized spacial score (nSPS) is 10.5. The summed E-state index contributed by atoms with van der Waals surface area (Å²) in [6.07, 6.45) is 0.0744. The fourth-order valence-electron chi connectivity index (χ4n) is 2.43. The minimum Gasteiger partial charge on any atom is -0.493 e. The Morgan fingerprint density at radius 3 is 2.52 bits per heavy atom. The van der Waals surface area contributed by atoms with Crippen LogP contribution in [0.3, 0.4) is 0 Å². The lowest BCUT2D eigenvalue weighted by Gasteiger charge is -2.08. The molecular formula is C20H18FNO4S.